The number of anilines is 1. The zero-order valence-corrected chi connectivity index (χ0v) is 16.3. The molecule has 0 aliphatic carbocycles. The lowest BCUT2D eigenvalue weighted by molar-refractivity contribution is -0.384. The number of benzene rings is 2. The Morgan fingerprint density at radius 1 is 1.20 bits per heavy atom. The predicted molar refractivity (Wildman–Crippen MR) is 106 cm³/mol. The van der Waals surface area contributed by atoms with Gasteiger partial charge < -0.3 is 9.64 Å². The van der Waals surface area contributed by atoms with E-state index in [0.29, 0.717) is 5.75 Å². The smallest absolute Gasteiger partial charge is 0.270 e. The Labute approximate surface area is 159 Å². The molecule has 2 aliphatic rings. The maximum Gasteiger partial charge on any atom is 0.270 e. The van der Waals surface area contributed by atoms with Crippen molar-refractivity contribution in [2.75, 3.05) is 11.9 Å². The molecule has 128 valence electrons. The maximum atomic E-state index is 11.0. The van der Waals surface area contributed by atoms with E-state index in [1.807, 2.05) is 19.2 Å². The molecule has 4 rings (SSSR count). The van der Waals surface area contributed by atoms with Crippen LogP contribution in [0, 0.1) is 13.7 Å². The van der Waals surface area contributed by atoms with E-state index in [0.717, 1.165) is 11.3 Å². The molecular weight excluding hydrogens is 431 g/mol. The first-order valence-electron chi connectivity index (χ1n) is 7.97. The van der Waals surface area contributed by atoms with E-state index in [1.165, 1.54) is 15.2 Å². The average Bonchev–Trinajstić information content (AvgIpc) is 2.73. The molecule has 0 fully saturated rings. The lowest BCUT2D eigenvalue weighted by Gasteiger charge is -2.45. The quantitative estimate of drug-likeness (QED) is 0.360. The molecule has 0 N–H and O–H groups in total. The molecular formula is C19H17IN2O3. The summed E-state index contributed by atoms with van der Waals surface area (Å²) in [5, 5.41) is 11.0. The summed E-state index contributed by atoms with van der Waals surface area (Å²) in [6, 6.07) is 11.1. The van der Waals surface area contributed by atoms with Crippen molar-refractivity contribution in [1.82, 2.24) is 0 Å². The largest absolute Gasteiger partial charge is 0.463 e. The number of nitro groups is 1. The van der Waals surface area contributed by atoms with Crippen molar-refractivity contribution in [2.45, 2.75) is 25.0 Å². The van der Waals surface area contributed by atoms with Crippen LogP contribution in [0.15, 0.2) is 42.5 Å². The van der Waals surface area contributed by atoms with Crippen molar-refractivity contribution >= 4 is 40.0 Å². The molecule has 2 aromatic carbocycles. The third-order valence-corrected chi connectivity index (χ3v) is 6.02. The Hall–Kier alpha value is -2.09. The zero-order valence-electron chi connectivity index (χ0n) is 14.1. The third kappa shape index (κ3) is 2.13. The van der Waals surface area contributed by atoms with E-state index in [2.05, 4.69) is 59.5 Å². The van der Waals surface area contributed by atoms with Crippen LogP contribution in [-0.4, -0.2) is 17.7 Å². The maximum absolute atomic E-state index is 11.0. The number of nitro benzene ring substituents is 1. The number of fused-ring (bicyclic) bond motifs is 2. The van der Waals surface area contributed by atoms with Crippen LogP contribution < -0.4 is 9.64 Å². The molecule has 0 aromatic heterocycles. The summed E-state index contributed by atoms with van der Waals surface area (Å²) >= 11 is 2.32. The number of likely N-dealkylation sites (N-methyl/N-ethyl adjacent to an activating group) is 1. The molecule has 0 saturated heterocycles. The van der Waals surface area contributed by atoms with E-state index in [4.69, 9.17) is 4.74 Å². The molecule has 2 heterocycles. The van der Waals surface area contributed by atoms with Crippen LogP contribution in [0.25, 0.3) is 6.08 Å². The molecule has 2 aromatic rings. The Balaban J connectivity index is 1.85. The van der Waals surface area contributed by atoms with Gasteiger partial charge in [0.25, 0.3) is 5.69 Å². The number of ether oxygens (including phenoxy) is 1. The number of halogens is 1. The first kappa shape index (κ1) is 16.4. The standard InChI is InChI=1S/C19H17IN2O3/c1-18(2)15-11-13(20)4-6-16(15)21(3)19(18)9-8-12-10-14(22(23)24)5-7-17(12)25-19/h4-11H,1-3H3. The highest BCUT2D eigenvalue weighted by Crippen LogP contribution is 2.54. The summed E-state index contributed by atoms with van der Waals surface area (Å²) in [6.45, 7) is 4.35. The third-order valence-electron chi connectivity index (χ3n) is 5.35. The highest BCUT2D eigenvalue weighted by molar-refractivity contribution is 14.1. The highest BCUT2D eigenvalue weighted by atomic mass is 127. The van der Waals surface area contributed by atoms with Gasteiger partial charge in [0.15, 0.2) is 0 Å². The van der Waals surface area contributed by atoms with Gasteiger partial charge in [0.1, 0.15) is 5.75 Å². The van der Waals surface area contributed by atoms with Crippen molar-refractivity contribution in [2.24, 2.45) is 0 Å². The van der Waals surface area contributed by atoms with E-state index in [9.17, 15) is 10.1 Å². The summed E-state index contributed by atoms with van der Waals surface area (Å²) in [6.07, 6.45) is 3.95. The van der Waals surface area contributed by atoms with Gasteiger partial charge in [-0.1, -0.05) is 0 Å². The molecule has 2 aliphatic heterocycles. The van der Waals surface area contributed by atoms with E-state index in [-0.39, 0.29) is 16.0 Å². The second kappa shape index (κ2) is 5.20. The molecule has 0 bridgehead atoms. The summed E-state index contributed by atoms with van der Waals surface area (Å²) in [5.41, 5.74) is 2.23. The van der Waals surface area contributed by atoms with Crippen molar-refractivity contribution in [3.05, 3.63) is 67.3 Å². The fourth-order valence-electron chi connectivity index (χ4n) is 3.89. The molecule has 1 atom stereocenters. The van der Waals surface area contributed by atoms with Gasteiger partial charge in [-0.05, 0) is 78.4 Å². The summed E-state index contributed by atoms with van der Waals surface area (Å²) in [7, 11) is 2.03. The summed E-state index contributed by atoms with van der Waals surface area (Å²) in [5.74, 6) is 0.663. The monoisotopic (exact) mass is 448 g/mol. The van der Waals surface area contributed by atoms with Gasteiger partial charge in [0.05, 0.1) is 10.3 Å². The van der Waals surface area contributed by atoms with E-state index >= 15 is 0 Å². The normalized spacial score (nSPS) is 22.5. The number of hydrogen-bond acceptors (Lipinski definition) is 4. The molecule has 5 nitrogen and oxygen atoms in total. The van der Waals surface area contributed by atoms with Crippen molar-refractivity contribution in [3.63, 3.8) is 0 Å². The van der Waals surface area contributed by atoms with E-state index < -0.39 is 5.72 Å². The number of rotatable bonds is 1. The van der Waals surface area contributed by atoms with Crippen molar-refractivity contribution in [1.29, 1.82) is 0 Å². The van der Waals surface area contributed by atoms with Crippen molar-refractivity contribution < 1.29 is 9.66 Å². The summed E-state index contributed by atoms with van der Waals surface area (Å²) in [4.78, 5) is 12.8. The van der Waals surface area contributed by atoms with Crippen LogP contribution in [0.3, 0.4) is 0 Å². The number of hydrogen-bond donors (Lipinski definition) is 0. The van der Waals surface area contributed by atoms with Crippen LogP contribution in [0.4, 0.5) is 11.4 Å². The first-order valence-corrected chi connectivity index (χ1v) is 9.05. The van der Waals surface area contributed by atoms with Crippen molar-refractivity contribution in [3.8, 4) is 5.75 Å². The molecule has 1 spiro atoms. The minimum absolute atomic E-state index is 0.0693. The van der Waals surface area contributed by atoms with Crippen LogP contribution in [0.1, 0.15) is 25.0 Å². The highest BCUT2D eigenvalue weighted by Gasteiger charge is 2.57. The molecule has 0 saturated carbocycles. The molecule has 0 amide bonds. The minimum Gasteiger partial charge on any atom is -0.463 e. The molecule has 6 heteroatoms. The van der Waals surface area contributed by atoms with Crippen LogP contribution in [-0.2, 0) is 5.41 Å². The van der Waals surface area contributed by atoms with Gasteiger partial charge in [-0.2, -0.15) is 0 Å². The topological polar surface area (TPSA) is 55.6 Å². The second-order valence-corrected chi connectivity index (χ2v) is 8.20. The second-order valence-electron chi connectivity index (χ2n) is 6.96. The number of non-ortho nitro benzene ring substituents is 1. The van der Waals surface area contributed by atoms with Gasteiger partial charge in [-0.15, -0.1) is 0 Å². The van der Waals surface area contributed by atoms with Gasteiger partial charge in [0.2, 0.25) is 5.72 Å². The minimum atomic E-state index is -0.664. The number of nitrogens with zero attached hydrogens (tertiary/aromatic N) is 2. The van der Waals surface area contributed by atoms with Gasteiger partial charge in [0, 0.05) is 34.0 Å². The average molecular weight is 448 g/mol. The SMILES string of the molecule is CN1c2ccc(I)cc2C(C)(C)C12C=Cc1cc([N+](=O)[O-])ccc1O2. The fourth-order valence-corrected chi connectivity index (χ4v) is 4.38. The summed E-state index contributed by atoms with van der Waals surface area (Å²) < 4.78 is 7.66. The molecule has 25 heavy (non-hydrogen) atoms. The molecule has 0 radical (unpaired) electrons. The predicted octanol–water partition coefficient (Wildman–Crippen LogP) is 4.73. The van der Waals surface area contributed by atoms with Gasteiger partial charge in [-0.25, -0.2) is 0 Å². The lowest BCUT2D eigenvalue weighted by atomic mass is 9.76. The lowest BCUT2D eigenvalue weighted by Crippen LogP contribution is -2.58. The first-order chi connectivity index (χ1) is 11.8. The van der Waals surface area contributed by atoms with E-state index in [1.54, 1.807) is 12.1 Å². The van der Waals surface area contributed by atoms with Gasteiger partial charge >= 0.3 is 0 Å². The Kier molecular flexibility index (Phi) is 3.41. The Bertz CT molecular complexity index is 938. The zero-order chi connectivity index (χ0) is 18.0. The van der Waals surface area contributed by atoms with Crippen LogP contribution in [0.5, 0.6) is 5.75 Å². The van der Waals surface area contributed by atoms with Gasteiger partial charge in [-0.3, -0.25) is 10.1 Å². The van der Waals surface area contributed by atoms with Crippen LogP contribution >= 0.6 is 22.6 Å². The Morgan fingerprint density at radius 2 is 1.96 bits per heavy atom. The van der Waals surface area contributed by atoms with Crippen LogP contribution in [0.2, 0.25) is 0 Å². The fraction of sp³-hybridized carbons (Fsp3) is 0.263. The molecule has 1 unspecified atom stereocenters. The Morgan fingerprint density at radius 3 is 2.68 bits per heavy atom.